The number of hydrogen-bond acceptors (Lipinski definition) is 3. The number of rotatable bonds is 1. The number of Topliss-reactive ketones (excluding diaryl/α,β-unsaturated/α-hetero) is 2. The predicted octanol–water partition coefficient (Wildman–Crippen LogP) is 4.39. The molecule has 0 heterocycles. The van der Waals surface area contributed by atoms with Gasteiger partial charge in [0.05, 0.1) is 0 Å². The lowest BCUT2D eigenvalue weighted by Crippen LogP contribution is -2.55. The summed E-state index contributed by atoms with van der Waals surface area (Å²) >= 11 is 0. The molecule has 0 spiro atoms. The van der Waals surface area contributed by atoms with Gasteiger partial charge in [-0.3, -0.25) is 14.4 Å². The fourth-order valence-corrected chi connectivity index (χ4v) is 7.05. The first-order valence-corrected chi connectivity index (χ1v) is 9.54. The SMILES string of the molecule is CC(=O)[C@H]1CCC2[C@@H]3CCC4=CC(=O)CC[C@]4(C)C3C(=O)C[C@@]21C.[HH].[HH]. The topological polar surface area (TPSA) is 51.2 Å². The number of fused-ring (bicyclic) bond motifs is 5. The minimum atomic E-state index is -0.133. The van der Waals surface area contributed by atoms with E-state index in [1.807, 2.05) is 6.08 Å². The van der Waals surface area contributed by atoms with Gasteiger partial charge in [0, 0.05) is 27.5 Å². The molecule has 0 amide bonds. The molecule has 24 heavy (non-hydrogen) atoms. The van der Waals surface area contributed by atoms with E-state index in [9.17, 15) is 14.4 Å². The van der Waals surface area contributed by atoms with Crippen LogP contribution in [0.3, 0.4) is 0 Å². The molecule has 0 radical (unpaired) electrons. The van der Waals surface area contributed by atoms with Crippen molar-refractivity contribution in [1.82, 2.24) is 0 Å². The van der Waals surface area contributed by atoms with Crippen molar-refractivity contribution in [1.29, 1.82) is 0 Å². The van der Waals surface area contributed by atoms with Crippen molar-refractivity contribution in [2.45, 2.75) is 65.7 Å². The van der Waals surface area contributed by atoms with Crippen LogP contribution >= 0.6 is 0 Å². The fraction of sp³-hybridized carbons (Fsp3) is 0.762. The Labute approximate surface area is 147 Å². The Bertz CT molecular complexity index is 670. The molecule has 0 aliphatic heterocycles. The van der Waals surface area contributed by atoms with E-state index < -0.39 is 0 Å². The molecule has 0 N–H and O–H groups in total. The van der Waals surface area contributed by atoms with Crippen LogP contribution in [0.2, 0.25) is 0 Å². The predicted molar refractivity (Wildman–Crippen MR) is 95.5 cm³/mol. The van der Waals surface area contributed by atoms with Crippen LogP contribution in [0.25, 0.3) is 0 Å². The lowest BCUT2D eigenvalue weighted by atomic mass is 9.46. The minimum Gasteiger partial charge on any atom is -0.300 e. The normalized spacial score (nSPS) is 47.5. The first kappa shape index (κ1) is 16.2. The van der Waals surface area contributed by atoms with Gasteiger partial charge in [0.25, 0.3) is 0 Å². The van der Waals surface area contributed by atoms with Gasteiger partial charge in [0.15, 0.2) is 5.78 Å². The summed E-state index contributed by atoms with van der Waals surface area (Å²) in [6.45, 7) is 6.12. The summed E-state index contributed by atoms with van der Waals surface area (Å²) in [5.41, 5.74) is 0.966. The molecule has 4 aliphatic rings. The van der Waals surface area contributed by atoms with E-state index in [1.54, 1.807) is 6.92 Å². The summed E-state index contributed by atoms with van der Waals surface area (Å²) in [6.07, 6.45) is 7.80. The van der Waals surface area contributed by atoms with E-state index in [0.717, 1.165) is 32.1 Å². The summed E-state index contributed by atoms with van der Waals surface area (Å²) in [7, 11) is 0. The van der Waals surface area contributed by atoms with E-state index in [-0.39, 0.29) is 37.1 Å². The number of carbonyl (C=O) groups excluding carboxylic acids is 3. The number of ketones is 3. The van der Waals surface area contributed by atoms with E-state index in [0.29, 0.717) is 30.5 Å². The van der Waals surface area contributed by atoms with Gasteiger partial charge < -0.3 is 0 Å². The Kier molecular flexibility index (Phi) is 3.47. The molecule has 3 heteroatoms. The van der Waals surface area contributed by atoms with Gasteiger partial charge in [-0.15, -0.1) is 0 Å². The van der Waals surface area contributed by atoms with Crippen molar-refractivity contribution in [3.63, 3.8) is 0 Å². The maximum Gasteiger partial charge on any atom is 0.155 e. The lowest BCUT2D eigenvalue weighted by molar-refractivity contribution is -0.148. The molecule has 4 aliphatic carbocycles. The highest BCUT2D eigenvalue weighted by Gasteiger charge is 2.62. The van der Waals surface area contributed by atoms with Crippen LogP contribution in [-0.2, 0) is 14.4 Å². The van der Waals surface area contributed by atoms with E-state index in [4.69, 9.17) is 0 Å². The van der Waals surface area contributed by atoms with Gasteiger partial charge >= 0.3 is 0 Å². The highest BCUT2D eigenvalue weighted by molar-refractivity contribution is 5.93. The van der Waals surface area contributed by atoms with Crippen LogP contribution in [0.15, 0.2) is 11.6 Å². The zero-order valence-corrected chi connectivity index (χ0v) is 15.1. The number of carbonyl (C=O) groups is 3. The van der Waals surface area contributed by atoms with Crippen LogP contribution in [-0.4, -0.2) is 17.3 Å². The first-order chi connectivity index (χ1) is 11.3. The molecule has 0 aromatic heterocycles. The van der Waals surface area contributed by atoms with Crippen molar-refractivity contribution in [2.75, 3.05) is 0 Å². The Morgan fingerprint density at radius 2 is 1.92 bits per heavy atom. The summed E-state index contributed by atoms with van der Waals surface area (Å²) in [5, 5.41) is 0. The standard InChI is InChI=1S/C21H28O3.2H2/c1-12(22)16-6-7-17-15-5-4-13-10-14(23)8-9-20(13,2)19(15)18(24)11-21(16,17)3;;/h10,15-17,19H,4-9,11H2,1-3H3;2*1H/t15-,16+,17?,19?,20-,21+;;/m0../s1. The summed E-state index contributed by atoms with van der Waals surface area (Å²) in [4.78, 5) is 37.3. The van der Waals surface area contributed by atoms with Crippen LogP contribution in [0.5, 0.6) is 0 Å². The molecule has 0 bridgehead atoms. The van der Waals surface area contributed by atoms with Crippen LogP contribution in [0.1, 0.15) is 68.6 Å². The van der Waals surface area contributed by atoms with Crippen molar-refractivity contribution in [3.05, 3.63) is 11.6 Å². The van der Waals surface area contributed by atoms with Gasteiger partial charge in [-0.2, -0.15) is 0 Å². The maximum absolute atomic E-state index is 13.3. The molecule has 6 atom stereocenters. The second-order valence-corrected chi connectivity index (χ2v) is 9.23. The lowest BCUT2D eigenvalue weighted by Gasteiger charge is -2.56. The highest BCUT2D eigenvalue weighted by Crippen LogP contribution is 2.65. The van der Waals surface area contributed by atoms with E-state index >= 15 is 0 Å². The second-order valence-electron chi connectivity index (χ2n) is 9.23. The second kappa shape index (κ2) is 5.12. The number of allylic oxidation sites excluding steroid dienone is 1. The monoisotopic (exact) mass is 332 g/mol. The molecule has 3 fully saturated rings. The highest BCUT2D eigenvalue weighted by atomic mass is 16.1. The van der Waals surface area contributed by atoms with E-state index in [1.165, 1.54) is 5.57 Å². The first-order valence-electron chi connectivity index (χ1n) is 9.54. The van der Waals surface area contributed by atoms with Gasteiger partial charge in [0.2, 0.25) is 0 Å². The average Bonchev–Trinajstić information content (AvgIpc) is 2.84. The smallest absolute Gasteiger partial charge is 0.155 e. The molecule has 0 saturated heterocycles. The largest absolute Gasteiger partial charge is 0.300 e. The zero-order valence-electron chi connectivity index (χ0n) is 15.1. The van der Waals surface area contributed by atoms with Gasteiger partial charge in [-0.25, -0.2) is 0 Å². The average molecular weight is 332 g/mol. The quantitative estimate of drug-likeness (QED) is 0.715. The Hall–Kier alpha value is -1.25. The third-order valence-corrected chi connectivity index (χ3v) is 8.14. The van der Waals surface area contributed by atoms with Crippen LogP contribution in [0, 0.1) is 34.5 Å². The van der Waals surface area contributed by atoms with Crippen molar-refractivity contribution >= 4 is 17.3 Å². The van der Waals surface area contributed by atoms with E-state index in [2.05, 4.69) is 13.8 Å². The Morgan fingerprint density at radius 1 is 1.17 bits per heavy atom. The Balaban J connectivity index is 0.00000121. The third-order valence-electron chi connectivity index (χ3n) is 8.14. The number of hydrogen-bond donors (Lipinski definition) is 0. The third kappa shape index (κ3) is 1.99. The molecule has 3 nitrogen and oxygen atoms in total. The molecular formula is C21H32O3. The Morgan fingerprint density at radius 3 is 2.62 bits per heavy atom. The van der Waals surface area contributed by atoms with Gasteiger partial charge in [0.1, 0.15) is 11.6 Å². The molecule has 4 rings (SSSR count). The van der Waals surface area contributed by atoms with Crippen LogP contribution < -0.4 is 0 Å². The summed E-state index contributed by atoms with van der Waals surface area (Å²) in [5.74, 6) is 1.86. The molecule has 0 aromatic carbocycles. The molecule has 134 valence electrons. The fourth-order valence-electron chi connectivity index (χ4n) is 7.05. The summed E-state index contributed by atoms with van der Waals surface area (Å²) in [6, 6.07) is 0. The van der Waals surface area contributed by atoms with Crippen molar-refractivity contribution < 1.29 is 17.2 Å². The maximum atomic E-state index is 13.3. The van der Waals surface area contributed by atoms with Crippen molar-refractivity contribution in [2.24, 2.45) is 34.5 Å². The molecule has 0 aromatic rings. The van der Waals surface area contributed by atoms with Crippen molar-refractivity contribution in [3.8, 4) is 0 Å². The molecule has 2 unspecified atom stereocenters. The molecule has 3 saturated carbocycles. The van der Waals surface area contributed by atoms with Crippen LogP contribution in [0.4, 0.5) is 0 Å². The minimum absolute atomic E-state index is 0. The van der Waals surface area contributed by atoms with Gasteiger partial charge in [-0.05, 0) is 67.8 Å². The van der Waals surface area contributed by atoms with Gasteiger partial charge in [-0.1, -0.05) is 19.4 Å². The zero-order chi connectivity index (χ0) is 17.3. The summed E-state index contributed by atoms with van der Waals surface area (Å²) < 4.78 is 0. The molecular weight excluding hydrogens is 300 g/mol.